The molecular weight excluding hydrogens is 331 g/mol. The van der Waals surface area contributed by atoms with Gasteiger partial charge in [0, 0.05) is 24.8 Å². The topological polar surface area (TPSA) is 64.4 Å². The molecule has 0 aliphatic carbocycles. The Labute approximate surface area is 125 Å². The molecule has 1 aromatic rings. The summed E-state index contributed by atoms with van der Waals surface area (Å²) in [5, 5.41) is 14.3. The molecule has 0 heterocycles. The van der Waals surface area contributed by atoms with E-state index in [0.29, 0.717) is 18.6 Å². The fourth-order valence-corrected chi connectivity index (χ4v) is 2.25. The minimum Gasteiger partial charge on any atom is -0.383 e. The number of hydrogen-bond donors (Lipinski definition) is 1. The number of methoxy groups -OCH3 is 1. The van der Waals surface area contributed by atoms with Crippen molar-refractivity contribution in [2.45, 2.75) is 25.8 Å². The van der Waals surface area contributed by atoms with Crippen molar-refractivity contribution >= 4 is 21.6 Å². The Bertz CT molecular complexity index is 471. The highest BCUT2D eigenvalue weighted by molar-refractivity contribution is 9.10. The molecule has 0 aromatic heterocycles. The summed E-state index contributed by atoms with van der Waals surface area (Å²) in [7, 11) is 1.57. The maximum atomic E-state index is 13.6. The third-order valence-electron chi connectivity index (χ3n) is 2.84. The van der Waals surface area contributed by atoms with E-state index in [1.54, 1.807) is 7.11 Å². The van der Waals surface area contributed by atoms with Crippen LogP contribution in [0.1, 0.15) is 18.9 Å². The number of benzene rings is 1. The highest BCUT2D eigenvalue weighted by atomic mass is 79.9. The zero-order valence-electron chi connectivity index (χ0n) is 11.5. The molecule has 0 saturated heterocycles. The van der Waals surface area contributed by atoms with Crippen LogP contribution in [0.4, 0.5) is 10.1 Å². The van der Waals surface area contributed by atoms with E-state index < -0.39 is 10.7 Å². The van der Waals surface area contributed by atoms with Crippen molar-refractivity contribution in [2.75, 3.05) is 20.3 Å². The Morgan fingerprint density at radius 1 is 1.55 bits per heavy atom. The van der Waals surface area contributed by atoms with Crippen molar-refractivity contribution in [3.05, 3.63) is 38.1 Å². The average Bonchev–Trinajstić information content (AvgIpc) is 2.39. The zero-order chi connectivity index (χ0) is 15.1. The molecule has 1 aromatic carbocycles. The first-order valence-electron chi connectivity index (χ1n) is 6.34. The van der Waals surface area contributed by atoms with Gasteiger partial charge in [0.2, 0.25) is 0 Å². The molecular formula is C13H18BrFN2O3. The van der Waals surface area contributed by atoms with Crippen molar-refractivity contribution in [1.29, 1.82) is 0 Å². The van der Waals surface area contributed by atoms with Crippen LogP contribution in [0, 0.1) is 15.9 Å². The molecule has 0 amide bonds. The molecule has 0 radical (unpaired) electrons. The quantitative estimate of drug-likeness (QED) is 0.579. The number of nitro benzene ring substituents is 1. The van der Waals surface area contributed by atoms with E-state index in [1.807, 2.05) is 6.92 Å². The summed E-state index contributed by atoms with van der Waals surface area (Å²) in [6.07, 6.45) is 1.28. The largest absolute Gasteiger partial charge is 0.383 e. The summed E-state index contributed by atoms with van der Waals surface area (Å²) in [6.45, 7) is 3.22. The van der Waals surface area contributed by atoms with Crippen LogP contribution in [0.2, 0.25) is 0 Å². The number of nitrogens with zero attached hydrogens (tertiary/aromatic N) is 1. The summed E-state index contributed by atoms with van der Waals surface area (Å²) < 4.78 is 18.8. The van der Waals surface area contributed by atoms with Gasteiger partial charge in [0.1, 0.15) is 5.82 Å². The maximum Gasteiger partial charge on any atom is 0.273 e. The van der Waals surface area contributed by atoms with E-state index in [2.05, 4.69) is 21.2 Å². The van der Waals surface area contributed by atoms with Gasteiger partial charge in [0.15, 0.2) is 0 Å². The minimum atomic E-state index is -0.503. The summed E-state index contributed by atoms with van der Waals surface area (Å²) in [6, 6.07) is 2.33. The van der Waals surface area contributed by atoms with Gasteiger partial charge in [-0.3, -0.25) is 10.1 Å². The molecule has 7 heteroatoms. The van der Waals surface area contributed by atoms with Gasteiger partial charge in [-0.05, 0) is 41.4 Å². The third kappa shape index (κ3) is 4.81. The molecule has 20 heavy (non-hydrogen) atoms. The molecule has 0 spiro atoms. The number of nitrogens with one attached hydrogen (secondary N) is 1. The molecule has 0 saturated carbocycles. The monoisotopic (exact) mass is 348 g/mol. The summed E-state index contributed by atoms with van der Waals surface area (Å²) >= 11 is 2.97. The lowest BCUT2D eigenvalue weighted by molar-refractivity contribution is -0.385. The smallest absolute Gasteiger partial charge is 0.273 e. The van der Waals surface area contributed by atoms with E-state index in [0.717, 1.165) is 13.0 Å². The Balaban J connectivity index is 2.98. The number of rotatable bonds is 8. The van der Waals surface area contributed by atoms with Gasteiger partial charge >= 0.3 is 0 Å². The number of nitro groups is 1. The first kappa shape index (κ1) is 17.0. The number of halogens is 2. The second-order valence-corrected chi connectivity index (χ2v) is 5.32. The SMILES string of the molecule is CCCNC(COC)Cc1cc(F)c(Br)cc1[N+](=O)[O-]. The van der Waals surface area contributed by atoms with Gasteiger partial charge in [0.25, 0.3) is 5.69 Å². The van der Waals surface area contributed by atoms with Crippen molar-refractivity contribution < 1.29 is 14.1 Å². The van der Waals surface area contributed by atoms with Crippen LogP contribution in [0.25, 0.3) is 0 Å². The van der Waals surface area contributed by atoms with Crippen molar-refractivity contribution in [3.63, 3.8) is 0 Å². The predicted molar refractivity (Wildman–Crippen MR) is 78.4 cm³/mol. The van der Waals surface area contributed by atoms with Crippen LogP contribution in [0.5, 0.6) is 0 Å². The second kappa shape index (κ2) is 8.28. The number of ether oxygens (including phenoxy) is 1. The van der Waals surface area contributed by atoms with Crippen LogP contribution in [0.15, 0.2) is 16.6 Å². The fourth-order valence-electron chi connectivity index (χ4n) is 1.92. The van der Waals surface area contributed by atoms with Gasteiger partial charge in [-0.2, -0.15) is 0 Å². The predicted octanol–water partition coefficient (Wildman–Crippen LogP) is 3.05. The van der Waals surface area contributed by atoms with Gasteiger partial charge < -0.3 is 10.1 Å². The normalized spacial score (nSPS) is 12.4. The van der Waals surface area contributed by atoms with Gasteiger partial charge in [-0.15, -0.1) is 0 Å². The van der Waals surface area contributed by atoms with Crippen LogP contribution < -0.4 is 5.32 Å². The highest BCUT2D eigenvalue weighted by Gasteiger charge is 2.20. The molecule has 0 bridgehead atoms. The van der Waals surface area contributed by atoms with E-state index in [-0.39, 0.29) is 16.2 Å². The lowest BCUT2D eigenvalue weighted by atomic mass is 10.0. The molecule has 1 N–H and O–H groups in total. The Morgan fingerprint density at radius 3 is 2.80 bits per heavy atom. The van der Waals surface area contributed by atoms with Gasteiger partial charge in [0.05, 0.1) is 16.0 Å². The molecule has 5 nitrogen and oxygen atoms in total. The van der Waals surface area contributed by atoms with E-state index in [9.17, 15) is 14.5 Å². The third-order valence-corrected chi connectivity index (χ3v) is 3.44. The molecule has 0 fully saturated rings. The molecule has 1 unspecified atom stereocenters. The van der Waals surface area contributed by atoms with E-state index in [4.69, 9.17) is 4.74 Å². The van der Waals surface area contributed by atoms with Crippen LogP contribution in [-0.4, -0.2) is 31.2 Å². The average molecular weight is 349 g/mol. The van der Waals surface area contributed by atoms with E-state index >= 15 is 0 Å². The second-order valence-electron chi connectivity index (χ2n) is 4.46. The molecule has 1 rings (SSSR count). The first-order chi connectivity index (χ1) is 9.49. The Kier molecular flexibility index (Phi) is 7.04. The van der Waals surface area contributed by atoms with Crippen LogP contribution in [0.3, 0.4) is 0 Å². The molecule has 112 valence electrons. The fraction of sp³-hybridized carbons (Fsp3) is 0.538. The van der Waals surface area contributed by atoms with Crippen LogP contribution >= 0.6 is 15.9 Å². The highest BCUT2D eigenvalue weighted by Crippen LogP contribution is 2.27. The summed E-state index contributed by atoms with van der Waals surface area (Å²) in [4.78, 5) is 10.6. The van der Waals surface area contributed by atoms with Crippen molar-refractivity contribution in [3.8, 4) is 0 Å². The van der Waals surface area contributed by atoms with Gasteiger partial charge in [-0.1, -0.05) is 6.92 Å². The van der Waals surface area contributed by atoms with Crippen molar-refractivity contribution in [2.24, 2.45) is 0 Å². The zero-order valence-corrected chi connectivity index (χ0v) is 13.1. The minimum absolute atomic E-state index is 0.0841. The molecule has 0 aliphatic heterocycles. The summed E-state index contributed by atoms with van der Waals surface area (Å²) in [5.74, 6) is -0.503. The number of hydrogen-bond acceptors (Lipinski definition) is 4. The lowest BCUT2D eigenvalue weighted by Gasteiger charge is -2.17. The summed E-state index contributed by atoms with van der Waals surface area (Å²) in [5.41, 5.74) is 0.277. The standard InChI is InChI=1S/C13H18BrFN2O3/c1-3-4-16-10(8-20-2)5-9-6-12(15)11(14)7-13(9)17(18)19/h6-7,10,16H,3-5,8H2,1-2H3. The van der Waals surface area contributed by atoms with Gasteiger partial charge in [-0.25, -0.2) is 4.39 Å². The Hall–Kier alpha value is -1.05. The maximum absolute atomic E-state index is 13.6. The Morgan fingerprint density at radius 2 is 2.25 bits per heavy atom. The molecule has 0 aliphatic rings. The molecule has 1 atom stereocenters. The van der Waals surface area contributed by atoms with Crippen molar-refractivity contribution in [1.82, 2.24) is 5.32 Å². The van der Waals surface area contributed by atoms with Crippen LogP contribution in [-0.2, 0) is 11.2 Å². The first-order valence-corrected chi connectivity index (χ1v) is 7.13. The lowest BCUT2D eigenvalue weighted by Crippen LogP contribution is -2.35. The van der Waals surface area contributed by atoms with E-state index in [1.165, 1.54) is 12.1 Å².